The highest BCUT2D eigenvalue weighted by Gasteiger charge is 2.22. The van der Waals surface area contributed by atoms with Gasteiger partial charge in [0.15, 0.2) is 0 Å². The summed E-state index contributed by atoms with van der Waals surface area (Å²) in [5.41, 5.74) is 5.89. The first-order chi connectivity index (χ1) is 17.4. The summed E-state index contributed by atoms with van der Waals surface area (Å²) in [5.74, 6) is -0.258. The number of carbonyl (C=O) groups is 1. The van der Waals surface area contributed by atoms with Crippen molar-refractivity contribution in [2.75, 3.05) is 5.32 Å². The Morgan fingerprint density at radius 2 is 1.61 bits per heavy atom. The van der Waals surface area contributed by atoms with Crippen LogP contribution in [0.4, 0.5) is 5.69 Å². The van der Waals surface area contributed by atoms with E-state index in [1.807, 2.05) is 85.3 Å². The molecule has 5 rings (SSSR count). The standard InChI is InChI=1S/C28H23Cl2N5O/c1-18-26(19(2)34(32-18)16-21-13-14-22(29)15-25(21)30)31-28(36)24-17-35(23-11-7-4-8-12-23)33-27(24)20-9-5-3-6-10-20/h3-15,17H,16H2,1-2H3,(H,31,36). The van der Waals surface area contributed by atoms with Gasteiger partial charge in [-0.3, -0.25) is 9.48 Å². The summed E-state index contributed by atoms with van der Waals surface area (Å²) in [4.78, 5) is 13.6. The minimum Gasteiger partial charge on any atom is -0.319 e. The smallest absolute Gasteiger partial charge is 0.259 e. The second-order valence-corrected chi connectivity index (χ2v) is 9.27. The summed E-state index contributed by atoms with van der Waals surface area (Å²) in [6.07, 6.45) is 1.76. The molecule has 0 bridgehead atoms. The molecule has 0 unspecified atom stereocenters. The lowest BCUT2D eigenvalue weighted by molar-refractivity contribution is 0.102. The van der Waals surface area contributed by atoms with Gasteiger partial charge in [-0.05, 0) is 43.7 Å². The summed E-state index contributed by atoms with van der Waals surface area (Å²) >= 11 is 12.4. The molecule has 5 aromatic rings. The third kappa shape index (κ3) is 4.78. The molecule has 6 nitrogen and oxygen atoms in total. The van der Waals surface area contributed by atoms with Gasteiger partial charge in [-0.2, -0.15) is 10.2 Å². The van der Waals surface area contributed by atoms with Crippen molar-refractivity contribution in [1.29, 1.82) is 0 Å². The third-order valence-corrected chi connectivity index (χ3v) is 6.57. The first kappa shape index (κ1) is 23.9. The van der Waals surface area contributed by atoms with Crippen molar-refractivity contribution in [3.8, 4) is 16.9 Å². The number of halogens is 2. The van der Waals surface area contributed by atoms with E-state index >= 15 is 0 Å². The van der Waals surface area contributed by atoms with Gasteiger partial charge in [0.05, 0.1) is 34.9 Å². The fraction of sp³-hybridized carbons (Fsp3) is 0.107. The van der Waals surface area contributed by atoms with Gasteiger partial charge in [0.25, 0.3) is 5.91 Å². The number of anilines is 1. The Bertz CT molecular complexity index is 1540. The number of nitrogens with one attached hydrogen (secondary N) is 1. The average Bonchev–Trinajstić information content (AvgIpc) is 3.44. The van der Waals surface area contributed by atoms with E-state index in [1.165, 1.54) is 0 Å². The predicted octanol–water partition coefficient (Wildman–Crippen LogP) is 6.96. The van der Waals surface area contributed by atoms with E-state index in [4.69, 9.17) is 28.3 Å². The number of hydrogen-bond acceptors (Lipinski definition) is 3. The van der Waals surface area contributed by atoms with Crippen molar-refractivity contribution in [2.24, 2.45) is 0 Å². The number of aryl methyl sites for hydroxylation is 1. The van der Waals surface area contributed by atoms with Crippen molar-refractivity contribution < 1.29 is 4.79 Å². The van der Waals surface area contributed by atoms with E-state index < -0.39 is 0 Å². The zero-order valence-electron chi connectivity index (χ0n) is 19.7. The molecular formula is C28H23Cl2N5O. The molecule has 8 heteroatoms. The summed E-state index contributed by atoms with van der Waals surface area (Å²) in [6, 6.07) is 24.8. The minimum atomic E-state index is -0.258. The number of rotatable bonds is 6. The number of para-hydroxylation sites is 1. The lowest BCUT2D eigenvalue weighted by Gasteiger charge is -2.09. The van der Waals surface area contributed by atoms with Gasteiger partial charge >= 0.3 is 0 Å². The van der Waals surface area contributed by atoms with Crippen molar-refractivity contribution in [2.45, 2.75) is 20.4 Å². The Morgan fingerprint density at radius 1 is 0.917 bits per heavy atom. The molecule has 0 atom stereocenters. The van der Waals surface area contributed by atoms with Crippen LogP contribution in [0.1, 0.15) is 27.3 Å². The summed E-state index contributed by atoms with van der Waals surface area (Å²) in [5, 5.41) is 13.6. The van der Waals surface area contributed by atoms with Gasteiger partial charge in [0.2, 0.25) is 0 Å². The van der Waals surface area contributed by atoms with Crippen LogP contribution in [-0.4, -0.2) is 25.5 Å². The monoisotopic (exact) mass is 515 g/mol. The van der Waals surface area contributed by atoms with E-state index in [9.17, 15) is 4.79 Å². The van der Waals surface area contributed by atoms with E-state index in [0.717, 1.165) is 22.5 Å². The van der Waals surface area contributed by atoms with E-state index in [-0.39, 0.29) is 5.91 Å². The zero-order valence-corrected chi connectivity index (χ0v) is 21.3. The highest BCUT2D eigenvalue weighted by molar-refractivity contribution is 6.35. The molecule has 2 aromatic heterocycles. The normalized spacial score (nSPS) is 11.0. The number of benzene rings is 3. The molecule has 1 N–H and O–H groups in total. The van der Waals surface area contributed by atoms with Crippen molar-refractivity contribution in [3.63, 3.8) is 0 Å². The largest absolute Gasteiger partial charge is 0.319 e. The van der Waals surface area contributed by atoms with Crippen LogP contribution in [0, 0.1) is 13.8 Å². The van der Waals surface area contributed by atoms with Gasteiger partial charge in [-0.1, -0.05) is 77.8 Å². The minimum absolute atomic E-state index is 0.258. The molecule has 0 aliphatic rings. The van der Waals surface area contributed by atoms with E-state index in [1.54, 1.807) is 23.0 Å². The Balaban J connectivity index is 1.48. The Morgan fingerprint density at radius 3 is 2.31 bits per heavy atom. The van der Waals surface area contributed by atoms with Crippen LogP contribution in [0.2, 0.25) is 10.0 Å². The average molecular weight is 516 g/mol. The zero-order chi connectivity index (χ0) is 25.2. The molecule has 3 aromatic carbocycles. The summed E-state index contributed by atoms with van der Waals surface area (Å²) < 4.78 is 3.55. The lowest BCUT2D eigenvalue weighted by Crippen LogP contribution is -2.14. The number of aromatic nitrogens is 4. The van der Waals surface area contributed by atoms with E-state index in [2.05, 4.69) is 10.4 Å². The van der Waals surface area contributed by atoms with Crippen molar-refractivity contribution >= 4 is 34.8 Å². The summed E-state index contributed by atoms with van der Waals surface area (Å²) in [7, 11) is 0. The second kappa shape index (κ2) is 10.0. The quantitative estimate of drug-likeness (QED) is 0.265. The first-order valence-electron chi connectivity index (χ1n) is 11.4. The predicted molar refractivity (Wildman–Crippen MR) is 144 cm³/mol. The van der Waals surface area contributed by atoms with Gasteiger partial charge < -0.3 is 5.32 Å². The molecule has 0 saturated heterocycles. The lowest BCUT2D eigenvalue weighted by atomic mass is 10.1. The molecule has 0 spiro atoms. The van der Waals surface area contributed by atoms with Crippen LogP contribution in [0.25, 0.3) is 16.9 Å². The maximum atomic E-state index is 13.6. The highest BCUT2D eigenvalue weighted by atomic mass is 35.5. The molecule has 0 saturated carbocycles. The third-order valence-electron chi connectivity index (χ3n) is 5.98. The van der Waals surface area contributed by atoms with Crippen LogP contribution >= 0.6 is 23.2 Å². The topological polar surface area (TPSA) is 64.7 Å². The first-order valence-corrected chi connectivity index (χ1v) is 12.2. The molecule has 180 valence electrons. The molecule has 0 fully saturated rings. The number of carbonyl (C=O) groups excluding carboxylic acids is 1. The van der Waals surface area contributed by atoms with Crippen LogP contribution < -0.4 is 5.32 Å². The Labute approximate surface area is 219 Å². The van der Waals surface area contributed by atoms with Gasteiger partial charge in [0.1, 0.15) is 5.69 Å². The highest BCUT2D eigenvalue weighted by Crippen LogP contribution is 2.28. The molecule has 36 heavy (non-hydrogen) atoms. The van der Waals surface area contributed by atoms with Crippen molar-refractivity contribution in [1.82, 2.24) is 19.6 Å². The van der Waals surface area contributed by atoms with E-state index in [0.29, 0.717) is 39.2 Å². The Hall–Kier alpha value is -3.87. The van der Waals surface area contributed by atoms with Gasteiger partial charge in [-0.15, -0.1) is 0 Å². The fourth-order valence-corrected chi connectivity index (χ4v) is 4.55. The maximum Gasteiger partial charge on any atom is 0.259 e. The van der Waals surface area contributed by atoms with Crippen LogP contribution in [0.15, 0.2) is 85.1 Å². The number of hydrogen-bond donors (Lipinski definition) is 1. The molecule has 1 amide bonds. The van der Waals surface area contributed by atoms with Gasteiger partial charge in [-0.25, -0.2) is 4.68 Å². The van der Waals surface area contributed by atoms with Crippen molar-refractivity contribution in [3.05, 3.63) is 118 Å². The molecule has 0 radical (unpaired) electrons. The van der Waals surface area contributed by atoms with Crippen LogP contribution in [0.5, 0.6) is 0 Å². The number of amides is 1. The summed E-state index contributed by atoms with van der Waals surface area (Å²) in [6.45, 7) is 4.25. The number of nitrogens with zero attached hydrogens (tertiary/aromatic N) is 4. The molecule has 0 aliphatic carbocycles. The molecule has 2 heterocycles. The van der Waals surface area contributed by atoms with Crippen LogP contribution in [0.3, 0.4) is 0 Å². The van der Waals surface area contributed by atoms with Gasteiger partial charge in [0, 0.05) is 21.8 Å². The molecular weight excluding hydrogens is 493 g/mol. The Kier molecular flexibility index (Phi) is 6.63. The second-order valence-electron chi connectivity index (χ2n) is 8.43. The maximum absolute atomic E-state index is 13.6. The molecule has 0 aliphatic heterocycles. The van der Waals surface area contributed by atoms with Crippen LogP contribution in [-0.2, 0) is 6.54 Å². The SMILES string of the molecule is Cc1nn(Cc2ccc(Cl)cc2Cl)c(C)c1NC(=O)c1cn(-c2ccccc2)nc1-c1ccccc1. The fourth-order valence-electron chi connectivity index (χ4n) is 4.09.